The molecule has 110 valence electrons. The molecule has 1 aliphatic rings. The number of hydrogen-bond acceptors (Lipinski definition) is 2. The van der Waals surface area contributed by atoms with Crippen LogP contribution in [0.2, 0.25) is 0 Å². The van der Waals surface area contributed by atoms with Gasteiger partial charge in [-0.15, -0.1) is 0 Å². The number of benzene rings is 1. The van der Waals surface area contributed by atoms with Crippen LogP contribution in [0.5, 0.6) is 0 Å². The molecule has 1 aliphatic carbocycles. The first-order valence-electron chi connectivity index (χ1n) is 7.47. The SMILES string of the molecule is CCCCN(C(=O)Nc1cccc(C(C)O)c1)C1CC1. The van der Waals surface area contributed by atoms with Gasteiger partial charge in [-0.2, -0.15) is 0 Å². The lowest BCUT2D eigenvalue weighted by atomic mass is 10.1. The molecule has 0 saturated heterocycles. The Hall–Kier alpha value is -1.55. The van der Waals surface area contributed by atoms with Gasteiger partial charge in [0.15, 0.2) is 0 Å². The van der Waals surface area contributed by atoms with Crippen molar-refractivity contribution in [3.63, 3.8) is 0 Å². The molecule has 4 heteroatoms. The third-order valence-electron chi connectivity index (χ3n) is 3.62. The van der Waals surface area contributed by atoms with Crippen LogP contribution < -0.4 is 5.32 Å². The number of anilines is 1. The Labute approximate surface area is 120 Å². The summed E-state index contributed by atoms with van der Waals surface area (Å²) < 4.78 is 0. The van der Waals surface area contributed by atoms with Crippen LogP contribution in [0.1, 0.15) is 51.2 Å². The van der Waals surface area contributed by atoms with Gasteiger partial charge < -0.3 is 15.3 Å². The van der Waals surface area contributed by atoms with Gasteiger partial charge in [-0.1, -0.05) is 25.5 Å². The lowest BCUT2D eigenvalue weighted by Crippen LogP contribution is -2.37. The molecule has 2 N–H and O–H groups in total. The normalized spacial score (nSPS) is 15.8. The molecule has 1 aromatic rings. The third kappa shape index (κ3) is 3.97. The number of nitrogens with zero attached hydrogens (tertiary/aromatic N) is 1. The molecular weight excluding hydrogens is 252 g/mol. The Morgan fingerprint density at radius 2 is 2.25 bits per heavy atom. The largest absolute Gasteiger partial charge is 0.389 e. The van der Waals surface area contributed by atoms with E-state index >= 15 is 0 Å². The van der Waals surface area contributed by atoms with E-state index in [2.05, 4.69) is 12.2 Å². The molecule has 2 amide bonds. The maximum absolute atomic E-state index is 12.3. The first kappa shape index (κ1) is 14.9. The Morgan fingerprint density at radius 1 is 1.50 bits per heavy atom. The predicted molar refractivity (Wildman–Crippen MR) is 80.7 cm³/mol. The van der Waals surface area contributed by atoms with Gasteiger partial charge in [0.2, 0.25) is 0 Å². The van der Waals surface area contributed by atoms with E-state index in [4.69, 9.17) is 0 Å². The van der Waals surface area contributed by atoms with Crippen LogP contribution in [-0.4, -0.2) is 28.6 Å². The summed E-state index contributed by atoms with van der Waals surface area (Å²) in [7, 11) is 0. The van der Waals surface area contributed by atoms with Crippen molar-refractivity contribution in [1.82, 2.24) is 4.90 Å². The number of rotatable bonds is 6. The van der Waals surface area contributed by atoms with E-state index < -0.39 is 6.10 Å². The van der Waals surface area contributed by atoms with Crippen molar-refractivity contribution in [3.05, 3.63) is 29.8 Å². The number of urea groups is 1. The van der Waals surface area contributed by atoms with Crippen LogP contribution in [0, 0.1) is 0 Å². The molecule has 0 spiro atoms. The van der Waals surface area contributed by atoms with Gasteiger partial charge in [0.1, 0.15) is 0 Å². The summed E-state index contributed by atoms with van der Waals surface area (Å²) in [5.41, 5.74) is 1.56. The predicted octanol–water partition coefficient (Wildman–Crippen LogP) is 3.54. The number of unbranched alkanes of at least 4 members (excludes halogenated alkanes) is 1. The maximum Gasteiger partial charge on any atom is 0.322 e. The van der Waals surface area contributed by atoms with E-state index in [1.807, 2.05) is 29.2 Å². The minimum atomic E-state index is -0.522. The molecule has 0 aliphatic heterocycles. The molecule has 1 fully saturated rings. The van der Waals surface area contributed by atoms with Crippen molar-refractivity contribution in [1.29, 1.82) is 0 Å². The molecular formula is C16H24N2O2. The van der Waals surface area contributed by atoms with Crippen molar-refractivity contribution in [2.24, 2.45) is 0 Å². The summed E-state index contributed by atoms with van der Waals surface area (Å²) in [5, 5.41) is 12.5. The number of aliphatic hydroxyl groups is 1. The van der Waals surface area contributed by atoms with Crippen LogP contribution in [0.25, 0.3) is 0 Å². The van der Waals surface area contributed by atoms with Gasteiger partial charge >= 0.3 is 6.03 Å². The van der Waals surface area contributed by atoms with Crippen molar-refractivity contribution in [3.8, 4) is 0 Å². The highest BCUT2D eigenvalue weighted by Crippen LogP contribution is 2.28. The van der Waals surface area contributed by atoms with E-state index in [1.54, 1.807) is 6.92 Å². The van der Waals surface area contributed by atoms with Crippen LogP contribution in [0.4, 0.5) is 10.5 Å². The summed E-state index contributed by atoms with van der Waals surface area (Å²) in [6, 6.07) is 7.79. The summed E-state index contributed by atoms with van der Waals surface area (Å²) in [4.78, 5) is 14.3. The zero-order chi connectivity index (χ0) is 14.5. The monoisotopic (exact) mass is 276 g/mol. The smallest absolute Gasteiger partial charge is 0.322 e. The number of aliphatic hydroxyl groups excluding tert-OH is 1. The van der Waals surface area contributed by atoms with Crippen LogP contribution in [0.3, 0.4) is 0 Å². The molecule has 4 nitrogen and oxygen atoms in total. The van der Waals surface area contributed by atoms with Crippen molar-refractivity contribution >= 4 is 11.7 Å². The Morgan fingerprint density at radius 3 is 2.85 bits per heavy atom. The first-order valence-corrected chi connectivity index (χ1v) is 7.47. The average molecular weight is 276 g/mol. The molecule has 1 aromatic carbocycles. The summed E-state index contributed by atoms with van der Waals surface area (Å²) in [6.07, 6.45) is 3.84. The fourth-order valence-electron chi connectivity index (χ4n) is 2.24. The summed E-state index contributed by atoms with van der Waals surface area (Å²) in [6.45, 7) is 4.68. The Bertz CT molecular complexity index is 456. The molecule has 1 saturated carbocycles. The zero-order valence-electron chi connectivity index (χ0n) is 12.3. The van der Waals surface area contributed by atoms with Gasteiger partial charge in [-0.05, 0) is 43.9 Å². The molecule has 0 radical (unpaired) electrons. The van der Waals surface area contributed by atoms with Crippen molar-refractivity contribution in [2.45, 2.75) is 51.7 Å². The molecule has 0 heterocycles. The second kappa shape index (κ2) is 6.75. The van der Waals surface area contributed by atoms with E-state index in [9.17, 15) is 9.90 Å². The minimum absolute atomic E-state index is 0.0244. The maximum atomic E-state index is 12.3. The minimum Gasteiger partial charge on any atom is -0.389 e. The van der Waals surface area contributed by atoms with Gasteiger partial charge in [0, 0.05) is 18.3 Å². The number of nitrogens with one attached hydrogen (secondary N) is 1. The van der Waals surface area contributed by atoms with Crippen LogP contribution in [-0.2, 0) is 0 Å². The quantitative estimate of drug-likeness (QED) is 0.835. The number of carbonyl (C=O) groups is 1. The van der Waals surface area contributed by atoms with Crippen LogP contribution in [0.15, 0.2) is 24.3 Å². The third-order valence-corrected chi connectivity index (χ3v) is 3.62. The standard InChI is InChI=1S/C16H24N2O2/c1-3-4-10-18(15-8-9-15)16(20)17-14-7-5-6-13(11-14)12(2)19/h5-7,11-12,15,19H,3-4,8-10H2,1-2H3,(H,17,20). The van der Waals surface area contributed by atoms with Gasteiger partial charge in [-0.25, -0.2) is 4.79 Å². The summed E-state index contributed by atoms with van der Waals surface area (Å²) in [5.74, 6) is 0. The van der Waals surface area contributed by atoms with E-state index in [1.165, 1.54) is 0 Å². The second-order valence-electron chi connectivity index (χ2n) is 5.51. The van der Waals surface area contributed by atoms with Gasteiger partial charge in [-0.3, -0.25) is 0 Å². The first-order chi connectivity index (χ1) is 9.61. The van der Waals surface area contributed by atoms with E-state index in [-0.39, 0.29) is 6.03 Å². The van der Waals surface area contributed by atoms with Crippen molar-refractivity contribution < 1.29 is 9.90 Å². The lowest BCUT2D eigenvalue weighted by Gasteiger charge is -2.23. The number of hydrogen-bond donors (Lipinski definition) is 2. The zero-order valence-corrected chi connectivity index (χ0v) is 12.3. The highest BCUT2D eigenvalue weighted by molar-refractivity contribution is 5.89. The average Bonchev–Trinajstić information content (AvgIpc) is 3.24. The van der Waals surface area contributed by atoms with Crippen molar-refractivity contribution in [2.75, 3.05) is 11.9 Å². The van der Waals surface area contributed by atoms with Gasteiger partial charge in [0.25, 0.3) is 0 Å². The molecule has 0 bridgehead atoms. The highest BCUT2D eigenvalue weighted by atomic mass is 16.3. The topological polar surface area (TPSA) is 52.6 Å². The molecule has 2 rings (SSSR count). The number of carbonyl (C=O) groups excluding carboxylic acids is 1. The lowest BCUT2D eigenvalue weighted by molar-refractivity contribution is 0.199. The van der Waals surface area contributed by atoms with Gasteiger partial charge in [0.05, 0.1) is 6.10 Å². The Kier molecular flexibility index (Phi) is 5.01. The second-order valence-corrected chi connectivity index (χ2v) is 5.51. The highest BCUT2D eigenvalue weighted by Gasteiger charge is 2.32. The fraction of sp³-hybridized carbons (Fsp3) is 0.562. The van der Waals surface area contributed by atoms with E-state index in [0.29, 0.717) is 6.04 Å². The summed E-state index contributed by atoms with van der Waals surface area (Å²) >= 11 is 0. The number of amides is 2. The van der Waals surface area contributed by atoms with E-state index in [0.717, 1.165) is 43.5 Å². The molecule has 1 atom stereocenters. The molecule has 0 aromatic heterocycles. The Balaban J connectivity index is 2.00. The molecule has 1 unspecified atom stereocenters. The van der Waals surface area contributed by atoms with Crippen LogP contribution >= 0.6 is 0 Å². The fourth-order valence-corrected chi connectivity index (χ4v) is 2.24. The molecule has 20 heavy (non-hydrogen) atoms.